The van der Waals surface area contributed by atoms with E-state index in [0.717, 1.165) is 12.0 Å². The summed E-state index contributed by atoms with van der Waals surface area (Å²) in [6, 6.07) is 5.83. The lowest BCUT2D eigenvalue weighted by atomic mass is 10.1. The quantitative estimate of drug-likeness (QED) is 0.758. The lowest BCUT2D eigenvalue weighted by Crippen LogP contribution is -2.41. The first-order valence-corrected chi connectivity index (χ1v) is 10.3. The molecule has 1 fully saturated rings. The summed E-state index contributed by atoms with van der Waals surface area (Å²) in [6.07, 6.45) is 6.66. The molecule has 3 rings (SSSR count). The van der Waals surface area contributed by atoms with Crippen LogP contribution in [0.4, 0.5) is 5.69 Å². The molecule has 0 spiro atoms. The van der Waals surface area contributed by atoms with Gasteiger partial charge in [0.1, 0.15) is 12.3 Å². The molecule has 0 unspecified atom stereocenters. The van der Waals surface area contributed by atoms with Gasteiger partial charge in [0.05, 0.1) is 5.69 Å². The van der Waals surface area contributed by atoms with E-state index in [2.05, 4.69) is 19.2 Å². The number of rotatable bonds is 6. The number of nitrogens with zero attached hydrogens (tertiary/aromatic N) is 1. The largest absolute Gasteiger partial charge is 0.482 e. The van der Waals surface area contributed by atoms with Crippen molar-refractivity contribution < 1.29 is 24.2 Å². The molecule has 1 saturated carbocycles. The first-order chi connectivity index (χ1) is 13.8. The minimum atomic E-state index is -1.04. The highest BCUT2D eigenvalue weighted by molar-refractivity contribution is 6.01. The molecule has 2 N–H and O–H groups in total. The summed E-state index contributed by atoms with van der Waals surface area (Å²) >= 11 is 0. The Hall–Kier alpha value is -2.57. The number of nitrogens with one attached hydrogen (secondary N) is 1. The van der Waals surface area contributed by atoms with Gasteiger partial charge in [0.2, 0.25) is 5.91 Å². The van der Waals surface area contributed by atoms with E-state index in [-0.39, 0.29) is 25.0 Å². The molecule has 0 bridgehead atoms. The molecule has 1 aliphatic heterocycles. The molecule has 0 atom stereocenters. The predicted octanol–water partition coefficient (Wildman–Crippen LogP) is 3.29. The highest BCUT2D eigenvalue weighted by Gasteiger charge is 2.27. The maximum Gasteiger partial charge on any atom is 0.323 e. The van der Waals surface area contributed by atoms with Crippen LogP contribution in [0.25, 0.3) is 0 Å². The average molecular weight is 405 g/mol. The van der Waals surface area contributed by atoms with Gasteiger partial charge in [-0.1, -0.05) is 32.8 Å². The molecule has 7 nitrogen and oxygen atoms in total. The number of anilines is 1. The van der Waals surface area contributed by atoms with Crippen molar-refractivity contribution in [3.63, 3.8) is 0 Å². The van der Waals surface area contributed by atoms with Crippen LogP contribution >= 0.6 is 0 Å². The molecule has 2 aliphatic rings. The zero-order valence-electron chi connectivity index (χ0n) is 17.6. The van der Waals surface area contributed by atoms with Gasteiger partial charge < -0.3 is 15.2 Å². The third-order valence-electron chi connectivity index (χ3n) is 5.02. The van der Waals surface area contributed by atoms with Gasteiger partial charge in [-0.05, 0) is 49.8 Å². The SMILES string of the molecule is CC(C)CCC(=O)NC1CCCC1.Cc1ccc2c(c1)N(CC(=O)O)C(=O)CO2. The van der Waals surface area contributed by atoms with Crippen molar-refractivity contribution in [1.29, 1.82) is 0 Å². The van der Waals surface area contributed by atoms with Crippen LogP contribution < -0.4 is 15.0 Å². The van der Waals surface area contributed by atoms with Crippen molar-refractivity contribution in [2.75, 3.05) is 18.1 Å². The number of benzene rings is 1. The number of carboxylic acids is 1. The van der Waals surface area contributed by atoms with Gasteiger partial charge in [-0.15, -0.1) is 0 Å². The summed E-state index contributed by atoms with van der Waals surface area (Å²) in [7, 11) is 0. The predicted molar refractivity (Wildman–Crippen MR) is 111 cm³/mol. The lowest BCUT2D eigenvalue weighted by Gasteiger charge is -2.28. The van der Waals surface area contributed by atoms with Gasteiger partial charge in [-0.3, -0.25) is 19.3 Å². The van der Waals surface area contributed by atoms with Crippen molar-refractivity contribution in [3.8, 4) is 5.75 Å². The number of amides is 2. The standard InChI is InChI=1S/C11H11NO4.C11H21NO/c1-7-2-3-9-8(4-7)12(5-11(14)15)10(13)6-16-9;1-9(2)7-8-11(13)12-10-5-3-4-6-10/h2-4H,5-6H2,1H3,(H,14,15);9-10H,3-8H2,1-2H3,(H,12,13). The summed E-state index contributed by atoms with van der Waals surface area (Å²) in [5.74, 6) is 0.0598. The summed E-state index contributed by atoms with van der Waals surface area (Å²) in [5.41, 5.74) is 1.48. The lowest BCUT2D eigenvalue weighted by molar-refractivity contribution is -0.137. The van der Waals surface area contributed by atoms with E-state index in [4.69, 9.17) is 9.84 Å². The fourth-order valence-electron chi connectivity index (χ4n) is 3.41. The van der Waals surface area contributed by atoms with Crippen LogP contribution in [0.5, 0.6) is 5.75 Å². The third kappa shape index (κ3) is 7.40. The Morgan fingerprint density at radius 1 is 1.28 bits per heavy atom. The zero-order valence-corrected chi connectivity index (χ0v) is 17.6. The molecule has 29 heavy (non-hydrogen) atoms. The highest BCUT2D eigenvalue weighted by atomic mass is 16.5. The Labute approximate surface area is 172 Å². The molecule has 7 heteroatoms. The van der Waals surface area contributed by atoms with Gasteiger partial charge in [-0.25, -0.2) is 0 Å². The number of hydrogen-bond donors (Lipinski definition) is 2. The van der Waals surface area contributed by atoms with E-state index < -0.39 is 5.97 Å². The molecule has 2 amide bonds. The summed E-state index contributed by atoms with van der Waals surface area (Å²) in [6.45, 7) is 5.74. The molecule has 1 heterocycles. The Morgan fingerprint density at radius 3 is 2.59 bits per heavy atom. The number of carboxylic acid groups (broad SMARTS) is 1. The molecule has 0 saturated heterocycles. The average Bonchev–Trinajstić information content (AvgIpc) is 3.16. The van der Waals surface area contributed by atoms with E-state index in [9.17, 15) is 14.4 Å². The van der Waals surface area contributed by atoms with Gasteiger partial charge in [0.15, 0.2) is 6.61 Å². The summed E-state index contributed by atoms with van der Waals surface area (Å²) < 4.78 is 5.22. The Kier molecular flexibility index (Phi) is 8.49. The minimum absolute atomic E-state index is 0.108. The summed E-state index contributed by atoms with van der Waals surface area (Å²) in [5, 5.41) is 11.8. The number of carbonyl (C=O) groups excluding carboxylic acids is 2. The smallest absolute Gasteiger partial charge is 0.323 e. The van der Waals surface area contributed by atoms with E-state index in [1.807, 2.05) is 13.0 Å². The fraction of sp³-hybridized carbons (Fsp3) is 0.591. The first kappa shape index (κ1) is 22.7. The molecular formula is C22H32N2O5. The molecule has 0 aromatic heterocycles. The Morgan fingerprint density at radius 2 is 1.97 bits per heavy atom. The van der Waals surface area contributed by atoms with Gasteiger partial charge in [-0.2, -0.15) is 0 Å². The van der Waals surface area contributed by atoms with Crippen molar-refractivity contribution in [2.45, 2.75) is 65.3 Å². The number of carbonyl (C=O) groups is 3. The van der Waals surface area contributed by atoms with Crippen LogP contribution in [-0.2, 0) is 14.4 Å². The number of fused-ring (bicyclic) bond motifs is 1. The van der Waals surface area contributed by atoms with Gasteiger partial charge in [0.25, 0.3) is 5.91 Å². The third-order valence-corrected chi connectivity index (χ3v) is 5.02. The van der Waals surface area contributed by atoms with Crippen molar-refractivity contribution in [2.24, 2.45) is 5.92 Å². The van der Waals surface area contributed by atoms with Gasteiger partial charge in [0, 0.05) is 12.5 Å². The molecule has 1 aromatic rings. The monoisotopic (exact) mass is 404 g/mol. The van der Waals surface area contributed by atoms with Crippen LogP contribution in [0.1, 0.15) is 57.9 Å². The summed E-state index contributed by atoms with van der Waals surface area (Å²) in [4.78, 5) is 34.8. The topological polar surface area (TPSA) is 95.9 Å². The highest BCUT2D eigenvalue weighted by Crippen LogP contribution is 2.32. The van der Waals surface area contributed by atoms with Crippen molar-refractivity contribution in [1.82, 2.24) is 5.32 Å². The van der Waals surface area contributed by atoms with Gasteiger partial charge >= 0.3 is 5.97 Å². The number of hydrogen-bond acceptors (Lipinski definition) is 4. The molecule has 0 radical (unpaired) electrons. The number of aryl methyl sites for hydroxylation is 1. The van der Waals surface area contributed by atoms with Crippen molar-refractivity contribution in [3.05, 3.63) is 23.8 Å². The second kappa shape index (κ2) is 10.8. The van der Waals surface area contributed by atoms with Crippen LogP contribution in [0.3, 0.4) is 0 Å². The Bertz CT molecular complexity index is 726. The molecule has 1 aliphatic carbocycles. The van der Waals surface area contributed by atoms with E-state index in [1.54, 1.807) is 12.1 Å². The first-order valence-electron chi connectivity index (χ1n) is 10.3. The van der Waals surface area contributed by atoms with E-state index in [0.29, 0.717) is 29.8 Å². The van der Waals surface area contributed by atoms with Crippen LogP contribution in [0.2, 0.25) is 0 Å². The maximum atomic E-state index is 11.5. The molecular weight excluding hydrogens is 372 g/mol. The fourth-order valence-corrected chi connectivity index (χ4v) is 3.41. The minimum Gasteiger partial charge on any atom is -0.482 e. The molecule has 1 aromatic carbocycles. The molecule has 160 valence electrons. The number of ether oxygens (including phenoxy) is 1. The number of aliphatic carboxylic acids is 1. The Balaban J connectivity index is 0.000000212. The normalized spacial score (nSPS) is 16.0. The van der Waals surface area contributed by atoms with E-state index in [1.165, 1.54) is 30.6 Å². The maximum absolute atomic E-state index is 11.5. The zero-order chi connectivity index (χ0) is 21.4. The van der Waals surface area contributed by atoms with Crippen LogP contribution in [-0.4, -0.2) is 42.1 Å². The van der Waals surface area contributed by atoms with Crippen LogP contribution in [0.15, 0.2) is 18.2 Å². The van der Waals surface area contributed by atoms with E-state index >= 15 is 0 Å². The second-order valence-electron chi connectivity index (χ2n) is 8.11. The second-order valence-corrected chi connectivity index (χ2v) is 8.11. The van der Waals surface area contributed by atoms with Crippen molar-refractivity contribution >= 4 is 23.5 Å². The van der Waals surface area contributed by atoms with Crippen LogP contribution in [0, 0.1) is 12.8 Å².